The van der Waals surface area contributed by atoms with E-state index in [0.717, 1.165) is 12.3 Å². The van der Waals surface area contributed by atoms with Crippen LogP contribution in [0.5, 0.6) is 0 Å². The van der Waals surface area contributed by atoms with E-state index in [2.05, 4.69) is 57.3 Å². The summed E-state index contributed by atoms with van der Waals surface area (Å²) in [6, 6.07) is 9.64. The van der Waals surface area contributed by atoms with Gasteiger partial charge in [0, 0.05) is 23.2 Å². The first-order valence-electron chi connectivity index (χ1n) is 7.09. The van der Waals surface area contributed by atoms with Crippen LogP contribution in [-0.2, 0) is 0 Å². The highest BCUT2D eigenvalue weighted by Crippen LogP contribution is 2.21. The molecule has 1 aromatic rings. The van der Waals surface area contributed by atoms with E-state index in [-0.39, 0.29) is 0 Å². The van der Waals surface area contributed by atoms with Crippen LogP contribution < -0.4 is 5.32 Å². The first kappa shape index (κ1) is 15.6. The molecule has 1 aromatic carbocycles. The number of rotatable bonds is 8. The van der Waals surface area contributed by atoms with E-state index < -0.39 is 0 Å². The molecule has 0 aromatic heterocycles. The second kappa shape index (κ2) is 8.60. The van der Waals surface area contributed by atoms with Gasteiger partial charge >= 0.3 is 0 Å². The fraction of sp³-hybridized carbons (Fsp3) is 0.625. The summed E-state index contributed by atoms with van der Waals surface area (Å²) in [7, 11) is 0. The van der Waals surface area contributed by atoms with Crippen molar-refractivity contribution < 1.29 is 0 Å². The maximum absolute atomic E-state index is 3.56. The summed E-state index contributed by atoms with van der Waals surface area (Å²) < 4.78 is 0. The van der Waals surface area contributed by atoms with Gasteiger partial charge in [0.15, 0.2) is 0 Å². The number of nitrogens with one attached hydrogen (secondary N) is 1. The summed E-state index contributed by atoms with van der Waals surface area (Å²) in [6.45, 7) is 10.1. The van der Waals surface area contributed by atoms with Crippen LogP contribution >= 0.6 is 11.8 Å². The average molecular weight is 265 g/mol. The Hall–Kier alpha value is -0.470. The van der Waals surface area contributed by atoms with Crippen LogP contribution in [0.25, 0.3) is 0 Å². The molecule has 1 atom stereocenters. The summed E-state index contributed by atoms with van der Waals surface area (Å²) in [6.07, 6.45) is 2.53. The Morgan fingerprint density at radius 1 is 1.11 bits per heavy atom. The molecule has 0 bridgehead atoms. The number of benzene rings is 1. The van der Waals surface area contributed by atoms with E-state index in [4.69, 9.17) is 0 Å². The quantitative estimate of drug-likeness (QED) is 0.541. The van der Waals surface area contributed by atoms with Crippen molar-refractivity contribution in [1.82, 2.24) is 5.32 Å². The van der Waals surface area contributed by atoms with Gasteiger partial charge < -0.3 is 5.32 Å². The van der Waals surface area contributed by atoms with Crippen LogP contribution in [0.4, 0.5) is 0 Å². The van der Waals surface area contributed by atoms with Crippen LogP contribution in [0.15, 0.2) is 29.2 Å². The fourth-order valence-electron chi connectivity index (χ4n) is 1.96. The summed E-state index contributed by atoms with van der Waals surface area (Å²) in [4.78, 5) is 1.38. The van der Waals surface area contributed by atoms with Crippen molar-refractivity contribution in [3.8, 4) is 0 Å². The third-order valence-corrected chi connectivity index (χ3v) is 4.15. The van der Waals surface area contributed by atoms with Gasteiger partial charge in [0.2, 0.25) is 0 Å². The second-order valence-corrected chi connectivity index (χ2v) is 6.38. The molecule has 0 radical (unpaired) electrons. The monoisotopic (exact) mass is 265 g/mol. The number of hydrogen-bond acceptors (Lipinski definition) is 2. The van der Waals surface area contributed by atoms with Crippen molar-refractivity contribution in [2.75, 3.05) is 12.3 Å². The molecule has 0 aliphatic carbocycles. The lowest BCUT2D eigenvalue weighted by atomic mass is 10.0. The normalized spacial score (nSPS) is 12.9. The molecule has 0 saturated heterocycles. The third kappa shape index (κ3) is 5.92. The Labute approximate surface area is 117 Å². The highest BCUT2D eigenvalue weighted by molar-refractivity contribution is 7.99. The lowest BCUT2D eigenvalue weighted by molar-refractivity contribution is 0.526. The van der Waals surface area contributed by atoms with Gasteiger partial charge in [0.25, 0.3) is 0 Å². The van der Waals surface area contributed by atoms with Gasteiger partial charge in [-0.25, -0.2) is 0 Å². The molecule has 1 unspecified atom stereocenters. The fourth-order valence-corrected chi connectivity index (χ4v) is 2.74. The van der Waals surface area contributed by atoms with Crippen molar-refractivity contribution in [3.05, 3.63) is 29.8 Å². The lowest BCUT2D eigenvalue weighted by Crippen LogP contribution is -2.27. The topological polar surface area (TPSA) is 12.0 Å². The smallest absolute Gasteiger partial charge is 0.0106 e. The Bertz CT molecular complexity index is 318. The van der Waals surface area contributed by atoms with E-state index in [1.54, 1.807) is 0 Å². The van der Waals surface area contributed by atoms with Crippen molar-refractivity contribution in [1.29, 1.82) is 0 Å². The van der Waals surface area contributed by atoms with Crippen LogP contribution in [0, 0.1) is 0 Å². The summed E-state index contributed by atoms with van der Waals surface area (Å²) in [5.74, 6) is 1.77. The van der Waals surface area contributed by atoms with Gasteiger partial charge in [-0.1, -0.05) is 39.3 Å². The zero-order valence-corrected chi connectivity index (χ0v) is 13.0. The molecular weight excluding hydrogens is 238 g/mol. The first-order chi connectivity index (χ1) is 8.63. The summed E-state index contributed by atoms with van der Waals surface area (Å²) in [5, 5.41) is 3.56. The maximum Gasteiger partial charge on any atom is 0.0106 e. The van der Waals surface area contributed by atoms with Crippen LogP contribution in [-0.4, -0.2) is 18.3 Å². The van der Waals surface area contributed by atoms with E-state index >= 15 is 0 Å². The first-order valence-corrected chi connectivity index (χ1v) is 8.08. The zero-order valence-electron chi connectivity index (χ0n) is 12.2. The van der Waals surface area contributed by atoms with Crippen molar-refractivity contribution in [2.24, 2.45) is 0 Å². The van der Waals surface area contributed by atoms with Gasteiger partial charge in [-0.15, -0.1) is 11.8 Å². The van der Waals surface area contributed by atoms with Gasteiger partial charge in [-0.05, 0) is 37.0 Å². The highest BCUT2D eigenvalue weighted by Gasteiger charge is 2.01. The number of hydrogen-bond donors (Lipinski definition) is 1. The van der Waals surface area contributed by atoms with Gasteiger partial charge in [-0.3, -0.25) is 0 Å². The lowest BCUT2D eigenvalue weighted by Gasteiger charge is -2.12. The minimum atomic E-state index is 0.626. The maximum atomic E-state index is 3.56. The Morgan fingerprint density at radius 3 is 2.33 bits per heavy atom. The van der Waals surface area contributed by atoms with Crippen molar-refractivity contribution >= 4 is 11.8 Å². The van der Waals surface area contributed by atoms with Gasteiger partial charge in [-0.2, -0.15) is 0 Å². The minimum absolute atomic E-state index is 0.626. The van der Waals surface area contributed by atoms with Crippen molar-refractivity contribution in [2.45, 2.75) is 57.4 Å². The molecule has 0 spiro atoms. The van der Waals surface area contributed by atoms with Gasteiger partial charge in [0.05, 0.1) is 0 Å². The molecule has 1 nitrogen and oxygen atoms in total. The molecule has 0 aliphatic heterocycles. The molecule has 102 valence electrons. The standard InChI is InChI=1S/C16H27NS/c1-5-6-14(4)17-11-12-18-16-9-7-15(8-10-16)13(2)3/h7-10,13-14,17H,5-6,11-12H2,1-4H3. The van der Waals surface area contributed by atoms with E-state index in [0.29, 0.717) is 12.0 Å². The molecular formula is C16H27NS. The van der Waals surface area contributed by atoms with Crippen LogP contribution in [0.3, 0.4) is 0 Å². The molecule has 0 saturated carbocycles. The predicted octanol–water partition coefficient (Wildman–Crippen LogP) is 4.68. The number of thioether (sulfide) groups is 1. The Morgan fingerprint density at radius 2 is 1.78 bits per heavy atom. The Kier molecular flexibility index (Phi) is 7.45. The molecule has 1 N–H and O–H groups in total. The second-order valence-electron chi connectivity index (χ2n) is 5.22. The summed E-state index contributed by atoms with van der Waals surface area (Å²) >= 11 is 1.94. The summed E-state index contributed by atoms with van der Waals surface area (Å²) in [5.41, 5.74) is 1.43. The van der Waals surface area contributed by atoms with E-state index in [1.807, 2.05) is 11.8 Å². The average Bonchev–Trinajstić information content (AvgIpc) is 2.35. The van der Waals surface area contributed by atoms with E-state index in [9.17, 15) is 0 Å². The molecule has 0 fully saturated rings. The highest BCUT2D eigenvalue weighted by atomic mass is 32.2. The molecule has 1 rings (SSSR count). The molecule has 0 heterocycles. The predicted molar refractivity (Wildman–Crippen MR) is 83.6 cm³/mol. The SMILES string of the molecule is CCCC(C)NCCSc1ccc(C(C)C)cc1. The van der Waals surface area contributed by atoms with Gasteiger partial charge in [0.1, 0.15) is 0 Å². The largest absolute Gasteiger partial charge is 0.313 e. The zero-order chi connectivity index (χ0) is 13.4. The minimum Gasteiger partial charge on any atom is -0.313 e. The molecule has 2 heteroatoms. The Balaban J connectivity index is 2.23. The molecule has 0 amide bonds. The van der Waals surface area contributed by atoms with Crippen LogP contribution in [0.2, 0.25) is 0 Å². The molecule has 0 aliphatic rings. The molecule has 18 heavy (non-hydrogen) atoms. The third-order valence-electron chi connectivity index (χ3n) is 3.13. The van der Waals surface area contributed by atoms with Crippen molar-refractivity contribution in [3.63, 3.8) is 0 Å². The van der Waals surface area contributed by atoms with Crippen LogP contribution in [0.1, 0.15) is 52.0 Å². The van der Waals surface area contributed by atoms with E-state index in [1.165, 1.54) is 23.3 Å².